The zero-order chi connectivity index (χ0) is 18.0. The second kappa shape index (κ2) is 7.15. The maximum atomic E-state index is 12.7. The van der Waals surface area contributed by atoms with Gasteiger partial charge in [-0.1, -0.05) is 19.3 Å². The Balaban J connectivity index is 1.73. The van der Waals surface area contributed by atoms with E-state index in [2.05, 4.69) is 4.98 Å². The molecule has 0 unspecified atom stereocenters. The number of H-pyrrole nitrogens is 1. The summed E-state index contributed by atoms with van der Waals surface area (Å²) in [5.41, 5.74) is -0.946. The first-order valence-electron chi connectivity index (χ1n) is 9.15. The number of hydrogen-bond donors (Lipinski definition) is 1. The molecule has 7 heteroatoms. The van der Waals surface area contributed by atoms with Crippen LogP contribution in [0, 0.1) is 5.41 Å². The minimum absolute atomic E-state index is 0.0575. The van der Waals surface area contributed by atoms with E-state index in [0.717, 1.165) is 19.3 Å². The molecule has 0 aliphatic heterocycles. The predicted molar refractivity (Wildman–Crippen MR) is 93.4 cm³/mol. The van der Waals surface area contributed by atoms with Gasteiger partial charge in [-0.15, -0.1) is 0 Å². The van der Waals surface area contributed by atoms with Crippen molar-refractivity contribution in [3.63, 3.8) is 0 Å². The Labute approximate surface area is 147 Å². The number of rotatable bonds is 5. The van der Waals surface area contributed by atoms with Gasteiger partial charge in [0.1, 0.15) is 6.54 Å². The van der Waals surface area contributed by atoms with E-state index in [9.17, 15) is 14.4 Å². The van der Waals surface area contributed by atoms with Gasteiger partial charge in [0, 0.05) is 37.4 Å². The van der Waals surface area contributed by atoms with Crippen molar-refractivity contribution >= 4 is 5.91 Å². The molecule has 138 valence electrons. The fourth-order valence-electron chi connectivity index (χ4n) is 4.57. The van der Waals surface area contributed by atoms with Gasteiger partial charge in [-0.25, -0.2) is 4.79 Å². The largest absolute Gasteiger partial charge is 0.378 e. The van der Waals surface area contributed by atoms with Gasteiger partial charge in [0.15, 0.2) is 0 Å². The fourth-order valence-corrected chi connectivity index (χ4v) is 4.57. The van der Waals surface area contributed by atoms with E-state index < -0.39 is 11.2 Å². The second-order valence-electron chi connectivity index (χ2n) is 7.23. The van der Waals surface area contributed by atoms with Crippen molar-refractivity contribution < 1.29 is 9.53 Å². The summed E-state index contributed by atoms with van der Waals surface area (Å²) >= 11 is 0. The van der Waals surface area contributed by atoms with Crippen molar-refractivity contribution in [3.05, 3.63) is 33.1 Å². The molecule has 1 N–H and O–H groups in total. The van der Waals surface area contributed by atoms with E-state index in [1.807, 2.05) is 14.0 Å². The number of carbonyl (C=O) groups excluding carboxylic acids is 1. The molecule has 2 saturated carbocycles. The number of aromatic amines is 1. The van der Waals surface area contributed by atoms with Crippen molar-refractivity contribution in [3.8, 4) is 0 Å². The van der Waals surface area contributed by atoms with Gasteiger partial charge in [-0.3, -0.25) is 19.1 Å². The third-order valence-electron chi connectivity index (χ3n) is 5.96. The molecule has 2 aliphatic carbocycles. The summed E-state index contributed by atoms with van der Waals surface area (Å²) < 4.78 is 7.19. The molecule has 0 radical (unpaired) electrons. The van der Waals surface area contributed by atoms with E-state index in [1.165, 1.54) is 36.1 Å². The Morgan fingerprint density at radius 3 is 2.72 bits per heavy atom. The van der Waals surface area contributed by atoms with Crippen LogP contribution in [0.4, 0.5) is 0 Å². The monoisotopic (exact) mass is 349 g/mol. The van der Waals surface area contributed by atoms with Gasteiger partial charge in [0.25, 0.3) is 5.56 Å². The molecule has 0 bridgehead atoms. The summed E-state index contributed by atoms with van der Waals surface area (Å²) in [4.78, 5) is 39.6. The van der Waals surface area contributed by atoms with Crippen LogP contribution in [0.15, 0.2) is 21.9 Å². The number of ether oxygens (including phenoxy) is 1. The molecule has 0 aromatic carbocycles. The van der Waals surface area contributed by atoms with E-state index in [1.54, 1.807) is 4.90 Å². The minimum Gasteiger partial charge on any atom is -0.378 e. The zero-order valence-electron chi connectivity index (χ0n) is 15.0. The Hall–Kier alpha value is -1.89. The first kappa shape index (κ1) is 17.9. The van der Waals surface area contributed by atoms with E-state index in [-0.39, 0.29) is 30.0 Å². The summed E-state index contributed by atoms with van der Waals surface area (Å²) in [6.07, 6.45) is 8.26. The van der Waals surface area contributed by atoms with Crippen LogP contribution in [0.25, 0.3) is 0 Å². The average Bonchev–Trinajstić information content (AvgIpc) is 2.60. The normalized spacial score (nSPS) is 24.7. The Bertz CT molecular complexity index is 732. The molecule has 2 aliphatic rings. The number of nitrogens with one attached hydrogen (secondary N) is 1. The van der Waals surface area contributed by atoms with Crippen LogP contribution >= 0.6 is 0 Å². The van der Waals surface area contributed by atoms with Crippen LogP contribution in [0.1, 0.15) is 45.4 Å². The molecule has 1 aromatic heterocycles. The second-order valence-corrected chi connectivity index (χ2v) is 7.23. The van der Waals surface area contributed by atoms with Crippen LogP contribution in [0.3, 0.4) is 0 Å². The molecule has 1 spiro atoms. The Morgan fingerprint density at radius 2 is 2.08 bits per heavy atom. The van der Waals surface area contributed by atoms with Crippen molar-refractivity contribution in [1.82, 2.24) is 14.5 Å². The first-order valence-corrected chi connectivity index (χ1v) is 9.15. The summed E-state index contributed by atoms with van der Waals surface area (Å²) in [6, 6.07) is 1.42. The lowest BCUT2D eigenvalue weighted by atomic mass is 9.54. The number of aromatic nitrogens is 2. The van der Waals surface area contributed by atoms with Gasteiger partial charge in [-0.2, -0.15) is 0 Å². The van der Waals surface area contributed by atoms with Gasteiger partial charge in [0.2, 0.25) is 5.91 Å². The summed E-state index contributed by atoms with van der Waals surface area (Å²) in [5.74, 6) is -0.112. The molecule has 1 heterocycles. The molecule has 1 aromatic rings. The summed E-state index contributed by atoms with van der Waals surface area (Å²) in [6.45, 7) is 2.66. The standard InChI is InChI=1S/C18H27N3O4/c1-3-25-14-11-13(18(14)8-5-4-6-9-18)20(2)16(23)12-21-10-7-15(22)19-17(21)24/h7,10,13-14H,3-6,8-9,11-12H2,1-2H3,(H,19,22,24)/t13-,14-/m1/s1. The number of amides is 1. The number of likely N-dealkylation sites (N-methyl/N-ethyl adjacent to an activating group) is 1. The fraction of sp³-hybridized carbons (Fsp3) is 0.722. The summed E-state index contributed by atoms with van der Waals surface area (Å²) in [5, 5.41) is 0. The van der Waals surface area contributed by atoms with Gasteiger partial charge in [-0.05, 0) is 26.2 Å². The van der Waals surface area contributed by atoms with Crippen molar-refractivity contribution in [2.24, 2.45) is 5.41 Å². The highest BCUT2D eigenvalue weighted by Crippen LogP contribution is 2.55. The van der Waals surface area contributed by atoms with Crippen LogP contribution in [0.5, 0.6) is 0 Å². The lowest BCUT2D eigenvalue weighted by molar-refractivity contribution is -0.185. The van der Waals surface area contributed by atoms with E-state index in [4.69, 9.17) is 4.74 Å². The van der Waals surface area contributed by atoms with Crippen LogP contribution in [0.2, 0.25) is 0 Å². The highest BCUT2D eigenvalue weighted by atomic mass is 16.5. The minimum atomic E-state index is -0.553. The molecule has 2 atom stereocenters. The van der Waals surface area contributed by atoms with Crippen LogP contribution < -0.4 is 11.2 Å². The van der Waals surface area contributed by atoms with Crippen molar-refractivity contribution in [1.29, 1.82) is 0 Å². The number of carbonyl (C=O) groups is 1. The quantitative estimate of drug-likeness (QED) is 0.863. The SMILES string of the molecule is CCO[C@@H]1C[C@@H](N(C)C(=O)Cn2ccc(=O)[nH]c2=O)C12CCCCC2. The Kier molecular flexibility index (Phi) is 5.13. The third kappa shape index (κ3) is 3.29. The highest BCUT2D eigenvalue weighted by Gasteiger charge is 2.57. The summed E-state index contributed by atoms with van der Waals surface area (Å²) in [7, 11) is 1.82. The smallest absolute Gasteiger partial charge is 0.328 e. The highest BCUT2D eigenvalue weighted by molar-refractivity contribution is 5.76. The predicted octanol–water partition coefficient (Wildman–Crippen LogP) is 1.12. The third-order valence-corrected chi connectivity index (χ3v) is 5.96. The molecule has 25 heavy (non-hydrogen) atoms. The molecule has 0 saturated heterocycles. The molecule has 7 nitrogen and oxygen atoms in total. The van der Waals surface area contributed by atoms with E-state index in [0.29, 0.717) is 6.61 Å². The molecule has 1 amide bonds. The van der Waals surface area contributed by atoms with Crippen molar-refractivity contribution in [2.75, 3.05) is 13.7 Å². The number of nitrogens with zero attached hydrogens (tertiary/aromatic N) is 2. The molecular formula is C18H27N3O4. The maximum Gasteiger partial charge on any atom is 0.328 e. The van der Waals surface area contributed by atoms with Gasteiger partial charge < -0.3 is 9.64 Å². The van der Waals surface area contributed by atoms with Crippen molar-refractivity contribution in [2.45, 2.75) is 64.1 Å². The zero-order valence-corrected chi connectivity index (χ0v) is 15.0. The lowest BCUT2D eigenvalue weighted by Crippen LogP contribution is -2.66. The first-order chi connectivity index (χ1) is 12.0. The molecular weight excluding hydrogens is 322 g/mol. The topological polar surface area (TPSA) is 84.4 Å². The van der Waals surface area contributed by atoms with Crippen LogP contribution in [-0.2, 0) is 16.1 Å². The van der Waals surface area contributed by atoms with Gasteiger partial charge >= 0.3 is 5.69 Å². The lowest BCUT2D eigenvalue weighted by Gasteiger charge is -2.60. The maximum absolute atomic E-state index is 12.7. The molecule has 2 fully saturated rings. The van der Waals surface area contributed by atoms with Crippen LogP contribution in [-0.4, -0.2) is 46.2 Å². The van der Waals surface area contributed by atoms with Gasteiger partial charge in [0.05, 0.1) is 6.10 Å². The Morgan fingerprint density at radius 1 is 1.36 bits per heavy atom. The number of hydrogen-bond acceptors (Lipinski definition) is 4. The average molecular weight is 349 g/mol. The molecule has 3 rings (SSSR count). The van der Waals surface area contributed by atoms with E-state index >= 15 is 0 Å².